The number of halogens is 1. The Morgan fingerprint density at radius 1 is 1.32 bits per heavy atom. The van der Waals surface area contributed by atoms with Crippen LogP contribution >= 0.6 is 15.9 Å². The molecule has 7 nitrogen and oxygen atoms in total. The quantitative estimate of drug-likeness (QED) is 0.649. The highest BCUT2D eigenvalue weighted by Gasteiger charge is 2.21. The minimum atomic E-state index is -0.253. The molecule has 1 aliphatic heterocycles. The molecule has 3 aromatic rings. The fraction of sp³-hybridized carbons (Fsp3) is 0.200. The van der Waals surface area contributed by atoms with Crippen LogP contribution < -0.4 is 19.5 Å². The number of nitrogens with one attached hydrogen (secondary N) is 1. The Morgan fingerprint density at radius 3 is 2.96 bits per heavy atom. The molecule has 0 radical (unpaired) electrons. The third kappa shape index (κ3) is 3.96. The monoisotopic (exact) mass is 443 g/mol. The number of carbonyl (C=O) groups excluding carboxylic acids is 1. The van der Waals surface area contributed by atoms with Crippen LogP contribution in [0.2, 0.25) is 0 Å². The van der Waals surface area contributed by atoms with Crippen molar-refractivity contribution in [3.8, 4) is 17.2 Å². The summed E-state index contributed by atoms with van der Waals surface area (Å²) in [4.78, 5) is 12.6. The minimum Gasteiger partial charge on any atom is -0.497 e. The molecule has 0 saturated heterocycles. The average Bonchev–Trinajstić information content (AvgIpc) is 3.15. The molecule has 1 unspecified atom stereocenters. The molecule has 1 N–H and O–H groups in total. The van der Waals surface area contributed by atoms with E-state index in [1.54, 1.807) is 42.4 Å². The predicted octanol–water partition coefficient (Wildman–Crippen LogP) is 3.75. The largest absolute Gasteiger partial charge is 0.497 e. The second-order valence-electron chi connectivity index (χ2n) is 6.25. The molecule has 144 valence electrons. The van der Waals surface area contributed by atoms with Crippen LogP contribution in [0.5, 0.6) is 17.2 Å². The van der Waals surface area contributed by atoms with E-state index in [1.807, 2.05) is 24.3 Å². The van der Waals surface area contributed by atoms with Gasteiger partial charge in [0.2, 0.25) is 0 Å². The minimum absolute atomic E-state index is 0.161. The van der Waals surface area contributed by atoms with Crippen LogP contribution in [0.3, 0.4) is 0 Å². The van der Waals surface area contributed by atoms with Crippen LogP contribution in [0.15, 0.2) is 59.3 Å². The van der Waals surface area contributed by atoms with Crippen LogP contribution in [0.25, 0.3) is 0 Å². The summed E-state index contributed by atoms with van der Waals surface area (Å²) < 4.78 is 19.2. The van der Waals surface area contributed by atoms with Gasteiger partial charge in [-0.25, -0.2) is 0 Å². The molecular formula is C20H18BrN3O4. The molecule has 0 saturated carbocycles. The zero-order valence-electron chi connectivity index (χ0n) is 15.1. The Balaban J connectivity index is 1.40. The smallest absolute Gasteiger partial charge is 0.257 e. The van der Waals surface area contributed by atoms with Gasteiger partial charge in [-0.15, -0.1) is 0 Å². The SMILES string of the molecule is COc1ccc(Br)c(C(=O)Nc2cnn(CC3COc4ccccc4O3)c2)c1. The second kappa shape index (κ2) is 7.93. The first kappa shape index (κ1) is 18.4. The maximum absolute atomic E-state index is 12.6. The summed E-state index contributed by atoms with van der Waals surface area (Å²) >= 11 is 3.39. The number of rotatable bonds is 5. The van der Waals surface area contributed by atoms with Gasteiger partial charge in [-0.3, -0.25) is 9.48 Å². The zero-order chi connectivity index (χ0) is 19.5. The van der Waals surface area contributed by atoms with Crippen molar-refractivity contribution in [2.24, 2.45) is 0 Å². The average molecular weight is 444 g/mol. The lowest BCUT2D eigenvalue weighted by Gasteiger charge is -2.26. The van der Waals surface area contributed by atoms with Crippen molar-refractivity contribution in [3.63, 3.8) is 0 Å². The van der Waals surface area contributed by atoms with E-state index in [9.17, 15) is 4.79 Å². The number of amides is 1. The number of methoxy groups -OCH3 is 1. The number of nitrogens with zero attached hydrogens (tertiary/aromatic N) is 2. The molecule has 1 aliphatic rings. The summed E-state index contributed by atoms with van der Waals surface area (Å²) in [5.74, 6) is 1.83. The molecule has 0 aliphatic carbocycles. The number of hydrogen-bond acceptors (Lipinski definition) is 5. The van der Waals surface area contributed by atoms with E-state index >= 15 is 0 Å². The topological polar surface area (TPSA) is 74.6 Å². The van der Waals surface area contributed by atoms with Crippen LogP contribution in [0.1, 0.15) is 10.4 Å². The molecule has 2 heterocycles. The lowest BCUT2D eigenvalue weighted by atomic mass is 10.2. The number of aromatic nitrogens is 2. The van der Waals surface area contributed by atoms with Gasteiger partial charge in [-0.05, 0) is 46.3 Å². The number of carbonyl (C=O) groups is 1. The number of para-hydroxylation sites is 2. The Bertz CT molecular complexity index is 1000. The van der Waals surface area contributed by atoms with Crippen molar-refractivity contribution in [1.82, 2.24) is 9.78 Å². The molecule has 0 bridgehead atoms. The van der Waals surface area contributed by atoms with E-state index < -0.39 is 0 Å². The summed E-state index contributed by atoms with van der Waals surface area (Å²) in [7, 11) is 1.56. The third-order valence-electron chi connectivity index (χ3n) is 4.27. The number of anilines is 1. The van der Waals surface area contributed by atoms with Gasteiger partial charge in [0.1, 0.15) is 12.4 Å². The third-order valence-corrected chi connectivity index (χ3v) is 4.96. The molecular weight excluding hydrogens is 426 g/mol. The predicted molar refractivity (Wildman–Crippen MR) is 107 cm³/mol. The Hall–Kier alpha value is -3.00. The van der Waals surface area contributed by atoms with E-state index in [1.165, 1.54) is 0 Å². The highest BCUT2D eigenvalue weighted by atomic mass is 79.9. The first-order chi connectivity index (χ1) is 13.6. The highest BCUT2D eigenvalue weighted by molar-refractivity contribution is 9.10. The standard InChI is InChI=1S/C20H18BrN3O4/c1-26-14-6-7-17(21)16(8-14)20(25)23-13-9-22-24(10-13)11-15-12-27-18-4-2-3-5-19(18)28-15/h2-10,15H,11-12H2,1H3,(H,23,25). The van der Waals surface area contributed by atoms with Gasteiger partial charge >= 0.3 is 0 Å². The second-order valence-corrected chi connectivity index (χ2v) is 7.10. The van der Waals surface area contributed by atoms with Crippen molar-refractivity contribution in [3.05, 3.63) is 64.9 Å². The molecule has 0 fully saturated rings. The summed E-state index contributed by atoms with van der Waals surface area (Å²) in [5.41, 5.74) is 1.07. The zero-order valence-corrected chi connectivity index (χ0v) is 16.7. The molecule has 1 aromatic heterocycles. The molecule has 2 aromatic carbocycles. The Labute approximate surface area is 170 Å². The fourth-order valence-electron chi connectivity index (χ4n) is 2.89. The number of fused-ring (bicyclic) bond motifs is 1. The maximum atomic E-state index is 12.6. The Morgan fingerprint density at radius 2 is 2.14 bits per heavy atom. The normalized spacial score (nSPS) is 15.1. The summed E-state index contributed by atoms with van der Waals surface area (Å²) in [6.07, 6.45) is 3.20. The van der Waals surface area contributed by atoms with Crippen LogP contribution in [0.4, 0.5) is 5.69 Å². The van der Waals surface area contributed by atoms with Crippen molar-refractivity contribution in [2.45, 2.75) is 12.6 Å². The number of benzene rings is 2. The molecule has 4 rings (SSSR count). The van der Waals surface area contributed by atoms with Crippen molar-refractivity contribution < 1.29 is 19.0 Å². The molecule has 1 amide bonds. The van der Waals surface area contributed by atoms with E-state index in [2.05, 4.69) is 26.3 Å². The van der Waals surface area contributed by atoms with Crippen molar-refractivity contribution in [2.75, 3.05) is 19.0 Å². The molecule has 8 heteroatoms. The van der Waals surface area contributed by atoms with Gasteiger partial charge in [0.25, 0.3) is 5.91 Å². The van der Waals surface area contributed by atoms with Gasteiger partial charge in [-0.1, -0.05) is 12.1 Å². The van der Waals surface area contributed by atoms with E-state index in [0.717, 1.165) is 11.5 Å². The van der Waals surface area contributed by atoms with E-state index in [0.29, 0.717) is 34.6 Å². The van der Waals surface area contributed by atoms with Gasteiger partial charge < -0.3 is 19.5 Å². The molecule has 1 atom stereocenters. The highest BCUT2D eigenvalue weighted by Crippen LogP contribution is 2.31. The first-order valence-corrected chi connectivity index (χ1v) is 9.47. The number of hydrogen-bond donors (Lipinski definition) is 1. The van der Waals surface area contributed by atoms with Crippen LogP contribution in [0, 0.1) is 0 Å². The number of ether oxygens (including phenoxy) is 3. The fourth-order valence-corrected chi connectivity index (χ4v) is 3.32. The van der Waals surface area contributed by atoms with Gasteiger partial charge in [0.15, 0.2) is 17.6 Å². The summed E-state index contributed by atoms with van der Waals surface area (Å²) in [5, 5.41) is 7.14. The lowest BCUT2D eigenvalue weighted by molar-refractivity contribution is 0.0759. The van der Waals surface area contributed by atoms with Gasteiger partial charge in [0.05, 0.1) is 31.1 Å². The van der Waals surface area contributed by atoms with Crippen LogP contribution in [-0.2, 0) is 6.54 Å². The van der Waals surface area contributed by atoms with Crippen molar-refractivity contribution in [1.29, 1.82) is 0 Å². The maximum Gasteiger partial charge on any atom is 0.257 e. The summed E-state index contributed by atoms with van der Waals surface area (Å²) in [6, 6.07) is 12.8. The molecule has 0 spiro atoms. The van der Waals surface area contributed by atoms with Gasteiger partial charge in [-0.2, -0.15) is 5.10 Å². The van der Waals surface area contributed by atoms with Gasteiger partial charge in [0, 0.05) is 10.7 Å². The lowest BCUT2D eigenvalue weighted by Crippen LogP contribution is -2.33. The Kier molecular flexibility index (Phi) is 5.21. The van der Waals surface area contributed by atoms with Crippen molar-refractivity contribution >= 4 is 27.5 Å². The first-order valence-electron chi connectivity index (χ1n) is 8.68. The molecule has 28 heavy (non-hydrogen) atoms. The van der Waals surface area contributed by atoms with Crippen LogP contribution in [-0.4, -0.2) is 35.5 Å². The summed E-state index contributed by atoms with van der Waals surface area (Å²) in [6.45, 7) is 0.947. The van der Waals surface area contributed by atoms with E-state index in [-0.39, 0.29) is 12.0 Å². The van der Waals surface area contributed by atoms with E-state index in [4.69, 9.17) is 14.2 Å².